The van der Waals surface area contributed by atoms with Crippen LogP contribution in [0.4, 0.5) is 0 Å². The highest BCUT2D eigenvalue weighted by molar-refractivity contribution is 8.55. The summed E-state index contributed by atoms with van der Waals surface area (Å²) in [6.07, 6.45) is 4.34. The molecule has 0 amide bonds. The van der Waals surface area contributed by atoms with Gasteiger partial charge in [-0.15, -0.1) is 19.3 Å². The summed E-state index contributed by atoms with van der Waals surface area (Å²) in [5.74, 6) is 1.37. The Morgan fingerprint density at radius 1 is 0.824 bits per heavy atom. The van der Waals surface area contributed by atoms with Crippen LogP contribution < -0.4 is 0 Å². The third-order valence-corrected chi connectivity index (χ3v) is 12.8. The van der Waals surface area contributed by atoms with Crippen molar-refractivity contribution in [3.63, 3.8) is 0 Å². The van der Waals surface area contributed by atoms with E-state index in [1.165, 1.54) is 24.5 Å². The zero-order valence-electron chi connectivity index (χ0n) is 12.9. The molecule has 0 aliphatic carbocycles. The fraction of sp³-hybridized carbons (Fsp3) is 1.00. The largest absolute Gasteiger partial charge is 0.134 e. The second-order valence-corrected chi connectivity index (χ2v) is 14.2. The predicted octanol–water partition coefficient (Wildman–Crippen LogP) is 6.23. The lowest BCUT2D eigenvalue weighted by Crippen LogP contribution is -2.09. The first kappa shape index (κ1) is 18.2. The van der Waals surface area contributed by atoms with Crippen LogP contribution in [0.1, 0.15) is 54.9 Å². The molecule has 0 aromatic heterocycles. The minimum absolute atomic E-state index is 0.225. The zero-order chi connectivity index (χ0) is 13.4. The van der Waals surface area contributed by atoms with Gasteiger partial charge in [-0.3, -0.25) is 0 Å². The fourth-order valence-electron chi connectivity index (χ4n) is 2.01. The predicted molar refractivity (Wildman–Crippen MR) is 91.7 cm³/mol. The Morgan fingerprint density at radius 3 is 1.71 bits per heavy atom. The molecule has 1 unspecified atom stereocenters. The average molecular weight is 294 g/mol. The van der Waals surface area contributed by atoms with Crippen molar-refractivity contribution in [3.05, 3.63) is 0 Å². The van der Waals surface area contributed by atoms with Crippen LogP contribution in [-0.2, 0) is 0 Å². The fourth-order valence-corrected chi connectivity index (χ4v) is 10.6. The third-order valence-electron chi connectivity index (χ3n) is 2.94. The maximum Gasteiger partial charge on any atom is -0.00283 e. The monoisotopic (exact) mass is 294 g/mol. The van der Waals surface area contributed by atoms with Gasteiger partial charge in [0.2, 0.25) is 0 Å². The SMILES string of the molecule is CCCSP(CCP(C(C)C)C(C)C)C(C)C. The zero-order valence-corrected chi connectivity index (χ0v) is 15.5. The maximum absolute atomic E-state index is 2.42. The number of hydrogen-bond acceptors (Lipinski definition) is 1. The minimum atomic E-state index is 0.225. The third kappa shape index (κ3) is 8.07. The van der Waals surface area contributed by atoms with E-state index in [-0.39, 0.29) is 15.0 Å². The molecule has 0 heterocycles. The van der Waals surface area contributed by atoms with Crippen LogP contribution in [0.3, 0.4) is 0 Å². The van der Waals surface area contributed by atoms with Gasteiger partial charge < -0.3 is 0 Å². The molecule has 0 radical (unpaired) electrons. The van der Waals surface area contributed by atoms with E-state index in [4.69, 9.17) is 0 Å². The minimum Gasteiger partial charge on any atom is -0.134 e. The summed E-state index contributed by atoms with van der Waals surface area (Å²) >= 11 is 2.27. The average Bonchev–Trinajstić information content (AvgIpc) is 2.21. The van der Waals surface area contributed by atoms with E-state index in [0.29, 0.717) is 0 Å². The van der Waals surface area contributed by atoms with Gasteiger partial charge in [-0.1, -0.05) is 48.5 Å². The number of hydrogen-bond donors (Lipinski definition) is 0. The Morgan fingerprint density at radius 2 is 1.35 bits per heavy atom. The van der Waals surface area contributed by atoms with Gasteiger partial charge in [0, 0.05) is 0 Å². The van der Waals surface area contributed by atoms with Crippen molar-refractivity contribution in [2.24, 2.45) is 0 Å². The lowest BCUT2D eigenvalue weighted by molar-refractivity contribution is 1.00. The molecule has 0 aromatic rings. The molecule has 0 fully saturated rings. The van der Waals surface area contributed by atoms with Gasteiger partial charge in [0.05, 0.1) is 0 Å². The van der Waals surface area contributed by atoms with E-state index in [9.17, 15) is 0 Å². The Kier molecular flexibility index (Phi) is 10.8. The van der Waals surface area contributed by atoms with Gasteiger partial charge in [0.25, 0.3) is 0 Å². The first-order valence-corrected chi connectivity index (χ1v) is 11.9. The van der Waals surface area contributed by atoms with Gasteiger partial charge >= 0.3 is 0 Å². The molecule has 0 rings (SSSR count). The van der Waals surface area contributed by atoms with Crippen LogP contribution in [0, 0.1) is 0 Å². The molecule has 0 nitrogen and oxygen atoms in total. The molecule has 0 aromatic carbocycles. The first-order chi connectivity index (χ1) is 7.90. The second-order valence-electron chi connectivity index (χ2n) is 5.49. The lowest BCUT2D eigenvalue weighted by Gasteiger charge is -2.29. The second kappa shape index (κ2) is 10.1. The van der Waals surface area contributed by atoms with E-state index in [1.54, 1.807) is 0 Å². The van der Waals surface area contributed by atoms with Crippen molar-refractivity contribution in [3.8, 4) is 0 Å². The molecule has 3 heteroatoms. The van der Waals surface area contributed by atoms with Crippen molar-refractivity contribution in [1.82, 2.24) is 0 Å². The first-order valence-electron chi connectivity index (χ1n) is 7.05. The molecule has 0 aliphatic heterocycles. The van der Waals surface area contributed by atoms with Gasteiger partial charge in [0.15, 0.2) is 0 Å². The van der Waals surface area contributed by atoms with E-state index in [0.717, 1.165) is 17.0 Å². The van der Waals surface area contributed by atoms with Gasteiger partial charge in [0.1, 0.15) is 0 Å². The quantitative estimate of drug-likeness (QED) is 0.454. The van der Waals surface area contributed by atoms with Crippen molar-refractivity contribution in [1.29, 1.82) is 0 Å². The maximum atomic E-state index is 2.42. The van der Waals surface area contributed by atoms with Crippen LogP contribution in [0.15, 0.2) is 0 Å². The Hall–Kier alpha value is 1.21. The van der Waals surface area contributed by atoms with E-state index >= 15 is 0 Å². The molecule has 17 heavy (non-hydrogen) atoms. The Balaban J connectivity index is 4.17. The van der Waals surface area contributed by atoms with E-state index in [1.807, 2.05) is 0 Å². The summed E-state index contributed by atoms with van der Waals surface area (Å²) in [6, 6.07) is 0. The molecular formula is C14H32P2S. The summed E-state index contributed by atoms with van der Waals surface area (Å²) in [4.78, 5) is 0. The normalized spacial score (nSPS) is 14.3. The summed E-state index contributed by atoms with van der Waals surface area (Å²) in [5.41, 5.74) is 2.72. The van der Waals surface area contributed by atoms with Gasteiger partial charge in [-0.2, -0.15) is 0 Å². The highest BCUT2D eigenvalue weighted by Gasteiger charge is 2.20. The summed E-state index contributed by atoms with van der Waals surface area (Å²) in [6.45, 7) is 16.8. The molecule has 0 saturated heterocycles. The summed E-state index contributed by atoms with van der Waals surface area (Å²) < 4.78 is 0. The van der Waals surface area contributed by atoms with Crippen molar-refractivity contribution in [2.45, 2.75) is 71.9 Å². The van der Waals surface area contributed by atoms with Crippen LogP contribution in [0.25, 0.3) is 0 Å². The Labute approximate surface area is 116 Å². The summed E-state index contributed by atoms with van der Waals surface area (Å²) in [5, 5.41) is 0. The van der Waals surface area contributed by atoms with Gasteiger partial charge in [-0.05, 0) is 48.6 Å². The Bertz CT molecular complexity index is 173. The topological polar surface area (TPSA) is 0 Å². The molecule has 1 atom stereocenters. The van der Waals surface area contributed by atoms with Crippen molar-refractivity contribution >= 4 is 26.4 Å². The number of rotatable bonds is 9. The molecule has 0 spiro atoms. The van der Waals surface area contributed by atoms with Gasteiger partial charge in [-0.25, -0.2) is 0 Å². The van der Waals surface area contributed by atoms with Crippen LogP contribution in [0.2, 0.25) is 0 Å². The standard InChI is InChI=1S/C14H32P2S/c1-8-11-17-16(14(6)7)10-9-15(12(2)3)13(4)5/h12-14H,8-11H2,1-7H3. The van der Waals surface area contributed by atoms with Crippen molar-refractivity contribution in [2.75, 3.05) is 18.1 Å². The molecule has 0 aliphatic rings. The summed E-state index contributed by atoms with van der Waals surface area (Å²) in [7, 11) is 0.477. The molecule has 0 saturated carbocycles. The lowest BCUT2D eigenvalue weighted by atomic mass is 10.5. The molecule has 104 valence electrons. The molecular weight excluding hydrogens is 262 g/mol. The van der Waals surface area contributed by atoms with Crippen LogP contribution in [0.5, 0.6) is 0 Å². The highest BCUT2D eigenvalue weighted by Crippen LogP contribution is 2.57. The smallest absolute Gasteiger partial charge is 0.00283 e. The highest BCUT2D eigenvalue weighted by atomic mass is 32.7. The van der Waals surface area contributed by atoms with Crippen LogP contribution in [-0.4, -0.2) is 35.1 Å². The van der Waals surface area contributed by atoms with E-state index < -0.39 is 0 Å². The van der Waals surface area contributed by atoms with Crippen LogP contribution >= 0.6 is 26.4 Å². The van der Waals surface area contributed by atoms with Crippen molar-refractivity contribution < 1.29 is 0 Å². The molecule has 0 bridgehead atoms. The van der Waals surface area contributed by atoms with E-state index in [2.05, 4.69) is 59.8 Å². The molecule has 0 N–H and O–H groups in total.